The molecule has 2 heterocycles. The minimum absolute atomic E-state index is 0.000344. The van der Waals surface area contributed by atoms with Crippen molar-refractivity contribution < 1.29 is 48.2 Å². The smallest absolute Gasteiger partial charge is 0.329 e. The Morgan fingerprint density at radius 1 is 0.836 bits per heavy atom. The summed E-state index contributed by atoms with van der Waals surface area (Å²) in [5.41, 5.74) is 0.595. The van der Waals surface area contributed by atoms with Crippen LogP contribution in [0.2, 0.25) is 0 Å². The summed E-state index contributed by atoms with van der Waals surface area (Å²) in [6.07, 6.45) is 0.977. The van der Waals surface area contributed by atoms with Gasteiger partial charge >= 0.3 is 5.97 Å². The van der Waals surface area contributed by atoms with Crippen LogP contribution in [0.25, 0.3) is 0 Å². The Morgan fingerprint density at radius 3 is 2.03 bits per heavy atom. The molecule has 6 N–H and O–H groups in total. The van der Waals surface area contributed by atoms with Crippen molar-refractivity contribution in [2.75, 3.05) is 20.1 Å². The Hall–Kier alpha value is -5.22. The van der Waals surface area contributed by atoms with Crippen LogP contribution in [0.5, 0.6) is 5.75 Å². The van der Waals surface area contributed by atoms with Crippen LogP contribution < -0.4 is 26.6 Å². The number of esters is 1. The van der Waals surface area contributed by atoms with Gasteiger partial charge in [0, 0.05) is 25.9 Å². The number of carbonyl (C=O) groups excluding carboxylic acids is 8. The number of aromatic hydroxyl groups is 1. The Bertz CT molecular complexity index is 1720. The first-order chi connectivity index (χ1) is 28.7. The molecule has 0 bridgehead atoms. The molecule has 2 aliphatic rings. The molecule has 61 heavy (non-hydrogen) atoms. The number of cyclic esters (lactones) is 1. The van der Waals surface area contributed by atoms with E-state index in [1.54, 1.807) is 32.9 Å². The molecule has 1 aromatic rings. The summed E-state index contributed by atoms with van der Waals surface area (Å²) in [7, 11) is 1.45. The lowest BCUT2D eigenvalue weighted by molar-refractivity contribution is -0.158. The van der Waals surface area contributed by atoms with Gasteiger partial charge in [-0.3, -0.25) is 33.6 Å². The summed E-state index contributed by atoms with van der Waals surface area (Å²) in [5, 5.41) is 23.6. The average Bonchev–Trinajstić information content (AvgIpc) is 3.73. The highest BCUT2D eigenvalue weighted by Crippen LogP contribution is 2.24. The third-order valence-electron chi connectivity index (χ3n) is 12.0. The number of likely N-dealkylation sites (N-methyl/N-ethyl adjacent to an activating group) is 1. The summed E-state index contributed by atoms with van der Waals surface area (Å²) in [5.74, 6) is -6.63. The lowest BCUT2D eigenvalue weighted by Crippen LogP contribution is -2.61. The van der Waals surface area contributed by atoms with E-state index in [0.717, 1.165) is 0 Å². The van der Waals surface area contributed by atoms with E-state index in [2.05, 4.69) is 26.6 Å². The molecular formula is C44H69N7O10. The first-order valence-electron chi connectivity index (χ1n) is 21.8. The van der Waals surface area contributed by atoms with Crippen molar-refractivity contribution in [2.45, 2.75) is 150 Å². The number of phenols is 1. The summed E-state index contributed by atoms with van der Waals surface area (Å²) in [4.78, 5) is 115. The number of carbonyl (C=O) groups is 8. The second kappa shape index (κ2) is 23.1. The molecule has 7 amide bonds. The normalized spacial score (nSPS) is 26.4. The number of rotatable bonds is 13. The van der Waals surface area contributed by atoms with Gasteiger partial charge in [-0.15, -0.1) is 0 Å². The number of hydrogen-bond donors (Lipinski definition) is 6. The molecule has 0 spiro atoms. The van der Waals surface area contributed by atoms with Crippen molar-refractivity contribution >= 4 is 47.3 Å². The van der Waals surface area contributed by atoms with E-state index >= 15 is 0 Å². The zero-order valence-electron chi connectivity index (χ0n) is 37.5. The second-order valence-electron chi connectivity index (χ2n) is 17.2. The molecule has 0 aliphatic carbocycles. The molecule has 17 heteroatoms. The number of ether oxygens (including phenoxy) is 1. The summed E-state index contributed by atoms with van der Waals surface area (Å²) >= 11 is 0. The maximum absolute atomic E-state index is 14.5. The molecule has 2 aliphatic heterocycles. The van der Waals surface area contributed by atoms with Crippen LogP contribution in [0.15, 0.2) is 24.3 Å². The quantitative estimate of drug-likeness (QED) is 0.158. The molecule has 8 unspecified atom stereocenters. The highest BCUT2D eigenvalue weighted by atomic mass is 16.5. The predicted molar refractivity (Wildman–Crippen MR) is 227 cm³/mol. The fourth-order valence-electron chi connectivity index (χ4n) is 7.41. The van der Waals surface area contributed by atoms with Crippen molar-refractivity contribution in [3.63, 3.8) is 0 Å². The standard InChI is InChI=1S/C44H69N7O10/c1-11-25(6)35-43(59)50(10)33(22-29-16-18-30(52)19-17-29)40(56)49-36(26(7)12-2)44(60)61-28(9)37(47-34(53)23-45-38(54)27(8)13-3)41(57)46-31(21-24(4)5)42(58)51-20-14-15-32(51)39(55)48-35/h16-19,24-28,31-33,35-37,52H,11-15,20-23H2,1-10H3,(H,45,54)(H,46,57)(H,47,53)(H,48,55)(H,49,56)/t25?,26-,27?,28?,31?,32?,33?,35?,36?,37+/m1/s1. The molecule has 0 radical (unpaired) electrons. The van der Waals surface area contributed by atoms with E-state index < -0.39 is 102 Å². The van der Waals surface area contributed by atoms with Gasteiger partial charge in [0.25, 0.3) is 0 Å². The van der Waals surface area contributed by atoms with E-state index in [1.807, 2.05) is 34.6 Å². The molecule has 17 nitrogen and oxygen atoms in total. The number of amides is 7. The number of benzene rings is 1. The first-order valence-corrected chi connectivity index (χ1v) is 21.8. The minimum atomic E-state index is -1.56. The van der Waals surface area contributed by atoms with Crippen LogP contribution in [-0.4, -0.2) is 125 Å². The van der Waals surface area contributed by atoms with E-state index in [1.165, 1.54) is 35.9 Å². The fraction of sp³-hybridized carbons (Fsp3) is 0.682. The SMILES string of the molecule is CCC(C)C(=O)NCC(=O)N[C@@H]1C(=O)NC(CC(C)C)C(=O)N2CCCC2C(=O)NC(C(C)CC)C(=O)N(C)C(Cc2ccc(O)cc2)C(=O)NC([C@H](C)CC)C(=O)OC1C. The van der Waals surface area contributed by atoms with Crippen LogP contribution in [-0.2, 0) is 49.5 Å². The van der Waals surface area contributed by atoms with Crippen LogP contribution in [0.4, 0.5) is 0 Å². The summed E-state index contributed by atoms with van der Waals surface area (Å²) in [6.45, 7) is 15.6. The zero-order chi connectivity index (χ0) is 45.7. The van der Waals surface area contributed by atoms with E-state index in [0.29, 0.717) is 37.7 Å². The van der Waals surface area contributed by atoms with Crippen molar-refractivity contribution in [3.05, 3.63) is 29.8 Å². The minimum Gasteiger partial charge on any atom is -0.508 e. The van der Waals surface area contributed by atoms with Crippen molar-refractivity contribution in [1.82, 2.24) is 36.4 Å². The molecule has 0 saturated carbocycles. The molecule has 10 atom stereocenters. The maximum atomic E-state index is 14.5. The van der Waals surface area contributed by atoms with Gasteiger partial charge in [0.15, 0.2) is 0 Å². The Kier molecular flexibility index (Phi) is 19.0. The highest BCUT2D eigenvalue weighted by Gasteiger charge is 2.43. The van der Waals surface area contributed by atoms with E-state index in [-0.39, 0.29) is 42.9 Å². The average molecular weight is 856 g/mol. The van der Waals surface area contributed by atoms with E-state index in [4.69, 9.17) is 4.74 Å². The Morgan fingerprint density at radius 2 is 1.44 bits per heavy atom. The van der Waals surface area contributed by atoms with Crippen LogP contribution in [0, 0.1) is 23.7 Å². The molecule has 1 aromatic carbocycles. The number of fused-ring (bicyclic) bond motifs is 1. The van der Waals surface area contributed by atoms with Crippen LogP contribution >= 0.6 is 0 Å². The topological polar surface area (TPSA) is 233 Å². The zero-order valence-corrected chi connectivity index (χ0v) is 37.5. The third-order valence-corrected chi connectivity index (χ3v) is 12.0. The molecule has 0 aromatic heterocycles. The van der Waals surface area contributed by atoms with Crippen LogP contribution in [0.3, 0.4) is 0 Å². The Labute approximate surface area is 360 Å². The summed E-state index contributed by atoms with van der Waals surface area (Å²) < 4.78 is 5.89. The molecular weight excluding hydrogens is 787 g/mol. The number of nitrogens with one attached hydrogen (secondary N) is 5. The number of phenolic OH excluding ortho intramolecular Hbond substituents is 1. The largest absolute Gasteiger partial charge is 0.508 e. The lowest BCUT2D eigenvalue weighted by atomic mass is 9.95. The van der Waals surface area contributed by atoms with Crippen molar-refractivity contribution in [1.29, 1.82) is 0 Å². The fourth-order valence-corrected chi connectivity index (χ4v) is 7.41. The predicted octanol–water partition coefficient (Wildman–Crippen LogP) is 1.94. The van der Waals surface area contributed by atoms with E-state index in [9.17, 15) is 43.5 Å². The second-order valence-corrected chi connectivity index (χ2v) is 17.2. The number of nitrogens with zero attached hydrogens (tertiary/aromatic N) is 2. The number of hydrogen-bond acceptors (Lipinski definition) is 10. The lowest BCUT2D eigenvalue weighted by Gasteiger charge is -2.35. The van der Waals surface area contributed by atoms with Gasteiger partial charge in [-0.25, -0.2) is 4.79 Å². The van der Waals surface area contributed by atoms with Gasteiger partial charge in [-0.2, -0.15) is 0 Å². The van der Waals surface area contributed by atoms with Gasteiger partial charge in [-0.05, 0) is 68.1 Å². The van der Waals surface area contributed by atoms with Gasteiger partial charge in [0.2, 0.25) is 41.4 Å². The van der Waals surface area contributed by atoms with Crippen LogP contribution in [0.1, 0.15) is 106 Å². The maximum Gasteiger partial charge on any atom is 0.329 e. The first kappa shape index (κ1) is 50.1. The molecule has 2 fully saturated rings. The molecule has 3 rings (SSSR count). The van der Waals surface area contributed by atoms with Crippen molar-refractivity contribution in [2.24, 2.45) is 23.7 Å². The van der Waals surface area contributed by atoms with Gasteiger partial charge in [-0.1, -0.05) is 80.4 Å². The van der Waals surface area contributed by atoms with Gasteiger partial charge < -0.3 is 46.2 Å². The molecule has 2 saturated heterocycles. The van der Waals surface area contributed by atoms with Gasteiger partial charge in [0.1, 0.15) is 48.1 Å². The molecule has 340 valence electrons. The van der Waals surface area contributed by atoms with Crippen molar-refractivity contribution in [3.8, 4) is 5.75 Å². The van der Waals surface area contributed by atoms with Gasteiger partial charge in [0.05, 0.1) is 6.54 Å². The third kappa shape index (κ3) is 13.6. The Balaban J connectivity index is 2.18. The monoisotopic (exact) mass is 856 g/mol. The summed E-state index contributed by atoms with van der Waals surface area (Å²) in [6, 6.07) is -1.16. The highest BCUT2D eigenvalue weighted by molar-refractivity contribution is 5.98.